The highest BCUT2D eigenvalue weighted by Gasteiger charge is 2.17. The minimum absolute atomic E-state index is 0.579. The van der Waals surface area contributed by atoms with Gasteiger partial charge in [0.2, 0.25) is 10.3 Å². The molecule has 1 fully saturated rings. The van der Waals surface area contributed by atoms with Crippen molar-refractivity contribution in [3.63, 3.8) is 0 Å². The number of aromatic nitrogens is 2. The fraction of sp³-hybridized carbons (Fsp3) is 0.714. The van der Waals surface area contributed by atoms with Crippen LogP contribution in [0, 0.1) is 0 Å². The highest BCUT2D eigenvalue weighted by atomic mass is 32.2. The van der Waals surface area contributed by atoms with Gasteiger partial charge in [-0.3, -0.25) is 0 Å². The van der Waals surface area contributed by atoms with Gasteiger partial charge in [-0.15, -0.1) is 0 Å². The highest BCUT2D eigenvalue weighted by Crippen LogP contribution is 2.33. The lowest BCUT2D eigenvalue weighted by Gasteiger charge is -2.02. The van der Waals surface area contributed by atoms with Crippen LogP contribution in [0.4, 0.5) is 5.13 Å². The molecule has 3 nitrogen and oxygen atoms in total. The molecule has 1 heterocycles. The Labute approximate surface area is 79.9 Å². The van der Waals surface area contributed by atoms with Crippen LogP contribution in [0.25, 0.3) is 0 Å². The number of nitrogens with zero attached hydrogens (tertiary/aromatic N) is 2. The molecule has 2 rings (SSSR count). The number of anilines is 1. The Morgan fingerprint density at radius 1 is 1.42 bits per heavy atom. The van der Waals surface area contributed by atoms with Crippen LogP contribution in [0.2, 0.25) is 0 Å². The summed E-state index contributed by atoms with van der Waals surface area (Å²) in [5, 5.41) is 2.18. The van der Waals surface area contributed by atoms with Crippen molar-refractivity contribution >= 4 is 28.4 Å². The van der Waals surface area contributed by atoms with Gasteiger partial charge in [-0.25, -0.2) is 0 Å². The molecule has 1 aromatic rings. The van der Waals surface area contributed by atoms with E-state index in [0.717, 1.165) is 10.4 Å². The summed E-state index contributed by atoms with van der Waals surface area (Å²) in [7, 11) is 0. The van der Waals surface area contributed by atoms with Crippen molar-refractivity contribution in [2.45, 2.75) is 36.1 Å². The van der Waals surface area contributed by atoms with Crippen LogP contribution in [-0.2, 0) is 0 Å². The molecule has 0 unspecified atom stereocenters. The zero-order valence-electron chi connectivity index (χ0n) is 6.69. The SMILES string of the molecule is Nc1nc(SC2CCCC2)ns1. The first-order valence-corrected chi connectivity index (χ1v) is 5.76. The molecule has 0 saturated heterocycles. The van der Waals surface area contributed by atoms with Crippen LogP contribution in [0.1, 0.15) is 25.7 Å². The molecule has 2 N–H and O–H groups in total. The Bertz CT molecular complexity index is 255. The highest BCUT2D eigenvalue weighted by molar-refractivity contribution is 7.99. The summed E-state index contributed by atoms with van der Waals surface area (Å²) in [5.41, 5.74) is 5.48. The molecule has 0 bridgehead atoms. The first-order chi connectivity index (χ1) is 5.84. The molecule has 0 aromatic carbocycles. The van der Waals surface area contributed by atoms with Gasteiger partial charge in [-0.2, -0.15) is 9.36 Å². The van der Waals surface area contributed by atoms with Crippen molar-refractivity contribution in [3.05, 3.63) is 0 Å². The van der Waals surface area contributed by atoms with E-state index in [4.69, 9.17) is 5.73 Å². The quantitative estimate of drug-likeness (QED) is 0.796. The normalized spacial score (nSPS) is 18.7. The summed E-state index contributed by atoms with van der Waals surface area (Å²) in [5.74, 6) is 0. The number of thioether (sulfide) groups is 1. The number of nitrogens with two attached hydrogens (primary N) is 1. The predicted octanol–water partition coefficient (Wildman–Crippen LogP) is 2.16. The summed E-state index contributed by atoms with van der Waals surface area (Å²) in [6.07, 6.45) is 5.34. The van der Waals surface area contributed by atoms with Crippen molar-refractivity contribution in [2.24, 2.45) is 0 Å². The molecule has 1 aliphatic carbocycles. The first-order valence-electron chi connectivity index (χ1n) is 4.10. The number of rotatable bonds is 2. The van der Waals surface area contributed by atoms with Crippen molar-refractivity contribution in [1.29, 1.82) is 0 Å². The Balaban J connectivity index is 1.94. The van der Waals surface area contributed by atoms with Gasteiger partial charge in [-0.1, -0.05) is 24.6 Å². The summed E-state index contributed by atoms with van der Waals surface area (Å²) in [4.78, 5) is 4.12. The second-order valence-electron chi connectivity index (χ2n) is 2.94. The number of hydrogen-bond donors (Lipinski definition) is 1. The van der Waals surface area contributed by atoms with E-state index >= 15 is 0 Å². The lowest BCUT2D eigenvalue weighted by molar-refractivity contribution is 0.886. The van der Waals surface area contributed by atoms with Gasteiger partial charge in [0.1, 0.15) is 0 Å². The van der Waals surface area contributed by atoms with E-state index in [2.05, 4.69) is 9.36 Å². The van der Waals surface area contributed by atoms with Crippen LogP contribution < -0.4 is 5.73 Å². The van der Waals surface area contributed by atoms with Crippen LogP contribution in [0.15, 0.2) is 5.16 Å². The molecule has 0 amide bonds. The van der Waals surface area contributed by atoms with Gasteiger partial charge in [0.25, 0.3) is 0 Å². The Morgan fingerprint density at radius 2 is 2.17 bits per heavy atom. The van der Waals surface area contributed by atoms with Crippen molar-refractivity contribution in [3.8, 4) is 0 Å². The van der Waals surface area contributed by atoms with E-state index in [1.54, 1.807) is 11.8 Å². The lowest BCUT2D eigenvalue weighted by Crippen LogP contribution is -1.94. The van der Waals surface area contributed by atoms with E-state index in [-0.39, 0.29) is 0 Å². The smallest absolute Gasteiger partial charge is 0.202 e. The van der Waals surface area contributed by atoms with Crippen LogP contribution in [0.5, 0.6) is 0 Å². The fourth-order valence-corrected chi connectivity index (χ4v) is 3.12. The van der Waals surface area contributed by atoms with Gasteiger partial charge in [0.05, 0.1) is 0 Å². The molecule has 1 saturated carbocycles. The van der Waals surface area contributed by atoms with Gasteiger partial charge >= 0.3 is 0 Å². The van der Waals surface area contributed by atoms with Crippen molar-refractivity contribution < 1.29 is 0 Å². The Morgan fingerprint density at radius 3 is 2.75 bits per heavy atom. The zero-order valence-corrected chi connectivity index (χ0v) is 8.33. The third-order valence-corrected chi connectivity index (χ3v) is 3.85. The molecule has 1 aromatic heterocycles. The van der Waals surface area contributed by atoms with E-state index in [1.165, 1.54) is 37.2 Å². The summed E-state index contributed by atoms with van der Waals surface area (Å²) in [6.45, 7) is 0. The van der Waals surface area contributed by atoms with Crippen molar-refractivity contribution in [1.82, 2.24) is 9.36 Å². The lowest BCUT2D eigenvalue weighted by atomic mass is 10.4. The molecule has 66 valence electrons. The topological polar surface area (TPSA) is 51.8 Å². The predicted molar refractivity (Wildman–Crippen MR) is 52.4 cm³/mol. The second-order valence-corrected chi connectivity index (χ2v) is 4.99. The monoisotopic (exact) mass is 201 g/mol. The average molecular weight is 201 g/mol. The molecule has 1 aliphatic rings. The molecule has 12 heavy (non-hydrogen) atoms. The van der Waals surface area contributed by atoms with Gasteiger partial charge in [0.15, 0.2) is 0 Å². The van der Waals surface area contributed by atoms with Gasteiger partial charge in [0, 0.05) is 16.8 Å². The average Bonchev–Trinajstić information content (AvgIpc) is 2.63. The molecule has 0 radical (unpaired) electrons. The summed E-state index contributed by atoms with van der Waals surface area (Å²) < 4.78 is 4.15. The zero-order chi connectivity index (χ0) is 8.39. The second kappa shape index (κ2) is 3.62. The van der Waals surface area contributed by atoms with Crippen LogP contribution in [-0.4, -0.2) is 14.6 Å². The molecule has 0 aliphatic heterocycles. The molecular weight excluding hydrogens is 190 g/mol. The van der Waals surface area contributed by atoms with Crippen LogP contribution >= 0.6 is 23.3 Å². The van der Waals surface area contributed by atoms with Crippen LogP contribution in [0.3, 0.4) is 0 Å². The maximum Gasteiger partial charge on any atom is 0.202 e. The number of hydrogen-bond acceptors (Lipinski definition) is 5. The molecule has 0 spiro atoms. The summed E-state index contributed by atoms with van der Waals surface area (Å²) >= 11 is 3.06. The number of nitrogen functional groups attached to an aromatic ring is 1. The third kappa shape index (κ3) is 1.90. The van der Waals surface area contributed by atoms with E-state index < -0.39 is 0 Å². The fourth-order valence-electron chi connectivity index (χ4n) is 1.42. The molecule has 5 heteroatoms. The Hall–Kier alpha value is -0.290. The maximum absolute atomic E-state index is 5.48. The maximum atomic E-state index is 5.48. The summed E-state index contributed by atoms with van der Waals surface area (Å²) in [6, 6.07) is 0. The molecular formula is C7H11N3S2. The molecule has 0 atom stereocenters. The minimum Gasteiger partial charge on any atom is -0.374 e. The minimum atomic E-state index is 0.579. The van der Waals surface area contributed by atoms with Gasteiger partial charge < -0.3 is 5.73 Å². The first kappa shape index (κ1) is 8.31. The van der Waals surface area contributed by atoms with E-state index in [0.29, 0.717) is 5.13 Å². The Kier molecular flexibility index (Phi) is 2.51. The largest absolute Gasteiger partial charge is 0.374 e. The van der Waals surface area contributed by atoms with E-state index in [9.17, 15) is 0 Å². The standard InChI is InChI=1S/C7H11N3S2/c8-6-9-7(10-12-6)11-5-3-1-2-4-5/h5H,1-4H2,(H2,8,9,10). The van der Waals surface area contributed by atoms with E-state index in [1.807, 2.05) is 0 Å². The van der Waals surface area contributed by atoms with Gasteiger partial charge in [-0.05, 0) is 12.8 Å². The third-order valence-electron chi connectivity index (χ3n) is 2.00. The van der Waals surface area contributed by atoms with Crippen molar-refractivity contribution in [2.75, 3.05) is 5.73 Å².